The van der Waals surface area contributed by atoms with Crippen LogP contribution in [-0.2, 0) is 0 Å². The molecule has 0 aliphatic carbocycles. The number of rotatable bonds is 4. The number of hydrogen-bond donors (Lipinski definition) is 2. The number of halogens is 1. The Kier molecular flexibility index (Phi) is 4.43. The van der Waals surface area contributed by atoms with E-state index in [1.165, 1.54) is 24.5 Å². The Morgan fingerprint density at radius 2 is 1.92 bits per heavy atom. The van der Waals surface area contributed by atoms with Gasteiger partial charge in [0.2, 0.25) is 0 Å². The van der Waals surface area contributed by atoms with Gasteiger partial charge in [-0.2, -0.15) is 0 Å². The maximum Gasteiger partial charge on any atom is 0.291 e. The number of carbonyl (C=O) groups is 2. The summed E-state index contributed by atoms with van der Waals surface area (Å²) < 4.78 is 18.1. The first-order valence-electron chi connectivity index (χ1n) is 7.05. The van der Waals surface area contributed by atoms with Gasteiger partial charge in [-0.1, -0.05) is 0 Å². The van der Waals surface area contributed by atoms with Crippen LogP contribution in [0.1, 0.15) is 25.8 Å². The van der Waals surface area contributed by atoms with Crippen LogP contribution < -0.4 is 10.6 Å². The number of carbonyl (C=O) groups excluding carboxylic acids is 2. The van der Waals surface area contributed by atoms with Gasteiger partial charge in [0.05, 0.1) is 16.1 Å². The molecule has 122 valence electrons. The highest BCUT2D eigenvalue weighted by Gasteiger charge is 2.14. The highest BCUT2D eigenvalue weighted by atomic mass is 32.1. The first-order valence-corrected chi connectivity index (χ1v) is 7.87. The number of aryl methyl sites for hydroxylation is 1. The molecule has 2 heterocycles. The Morgan fingerprint density at radius 3 is 2.62 bits per heavy atom. The quantitative estimate of drug-likeness (QED) is 0.741. The second-order valence-electron chi connectivity index (χ2n) is 5.01. The summed E-state index contributed by atoms with van der Waals surface area (Å²) in [6.45, 7) is 1.71. The average Bonchev–Trinajstić information content (AvgIpc) is 3.21. The number of benzene rings is 1. The largest absolute Gasteiger partial charge is 0.459 e. The molecule has 0 spiro atoms. The first kappa shape index (κ1) is 15.9. The molecular weight excluding hydrogens is 331 g/mol. The standard InChI is InChI=1S/C17H13FN2O3S/c1-10-9-11(18)4-5-12(10)19-17(22)14-6-7-15(24-14)20-16(21)13-3-2-8-23-13/h2-9H,1H3,(H,19,22)(H,20,21). The van der Waals surface area contributed by atoms with E-state index in [0.717, 1.165) is 11.3 Å². The van der Waals surface area contributed by atoms with Gasteiger partial charge >= 0.3 is 0 Å². The summed E-state index contributed by atoms with van der Waals surface area (Å²) in [7, 11) is 0. The SMILES string of the molecule is Cc1cc(F)ccc1NC(=O)c1ccc(NC(=O)c2ccco2)s1. The van der Waals surface area contributed by atoms with Crippen LogP contribution in [0.15, 0.2) is 53.1 Å². The van der Waals surface area contributed by atoms with Crippen LogP contribution in [0, 0.1) is 12.7 Å². The molecule has 0 fully saturated rings. The maximum atomic E-state index is 13.1. The van der Waals surface area contributed by atoms with Crippen molar-refractivity contribution >= 4 is 33.8 Å². The zero-order valence-electron chi connectivity index (χ0n) is 12.6. The fourth-order valence-electron chi connectivity index (χ4n) is 2.06. The Balaban J connectivity index is 1.68. The highest BCUT2D eigenvalue weighted by molar-refractivity contribution is 7.18. The van der Waals surface area contributed by atoms with E-state index in [9.17, 15) is 14.0 Å². The zero-order chi connectivity index (χ0) is 17.1. The molecule has 0 aliphatic rings. The predicted molar refractivity (Wildman–Crippen MR) is 90.1 cm³/mol. The Hall–Kier alpha value is -2.93. The summed E-state index contributed by atoms with van der Waals surface area (Å²) in [5.74, 6) is -0.878. The fraction of sp³-hybridized carbons (Fsp3) is 0.0588. The highest BCUT2D eigenvalue weighted by Crippen LogP contribution is 2.24. The molecular formula is C17H13FN2O3S. The van der Waals surface area contributed by atoms with Gasteiger partial charge in [0.1, 0.15) is 5.82 Å². The van der Waals surface area contributed by atoms with Crippen LogP contribution in [0.5, 0.6) is 0 Å². The van der Waals surface area contributed by atoms with Gasteiger partial charge in [0, 0.05) is 5.69 Å². The van der Waals surface area contributed by atoms with Crippen LogP contribution in [0.25, 0.3) is 0 Å². The topological polar surface area (TPSA) is 71.3 Å². The van der Waals surface area contributed by atoms with Gasteiger partial charge in [-0.05, 0) is 55.0 Å². The van der Waals surface area contributed by atoms with Crippen molar-refractivity contribution in [3.8, 4) is 0 Å². The molecule has 3 rings (SSSR count). The maximum absolute atomic E-state index is 13.1. The van der Waals surface area contributed by atoms with Gasteiger partial charge in [-0.15, -0.1) is 11.3 Å². The molecule has 7 heteroatoms. The van der Waals surface area contributed by atoms with Crippen LogP contribution in [0.3, 0.4) is 0 Å². The van der Waals surface area contributed by atoms with Crippen molar-refractivity contribution in [3.63, 3.8) is 0 Å². The smallest absolute Gasteiger partial charge is 0.291 e. The number of nitrogens with one attached hydrogen (secondary N) is 2. The van der Waals surface area contributed by atoms with Crippen molar-refractivity contribution < 1.29 is 18.4 Å². The number of amides is 2. The lowest BCUT2D eigenvalue weighted by Gasteiger charge is -2.07. The number of furan rings is 1. The van der Waals surface area contributed by atoms with Crippen LogP contribution in [0.4, 0.5) is 15.1 Å². The Morgan fingerprint density at radius 1 is 1.08 bits per heavy atom. The van der Waals surface area contributed by atoms with Crippen molar-refractivity contribution in [2.75, 3.05) is 10.6 Å². The third-order valence-corrected chi connectivity index (χ3v) is 4.25. The lowest BCUT2D eigenvalue weighted by Crippen LogP contribution is -2.11. The molecule has 0 saturated carbocycles. The van der Waals surface area contributed by atoms with Crippen molar-refractivity contribution in [3.05, 3.63) is 70.7 Å². The summed E-state index contributed by atoms with van der Waals surface area (Å²) in [4.78, 5) is 24.6. The minimum absolute atomic E-state index is 0.191. The van der Waals surface area contributed by atoms with E-state index in [0.29, 0.717) is 21.1 Å². The molecule has 0 radical (unpaired) electrons. The number of hydrogen-bond acceptors (Lipinski definition) is 4. The van der Waals surface area contributed by atoms with Gasteiger partial charge in [-0.25, -0.2) is 4.39 Å². The number of thiophene rings is 1. The van der Waals surface area contributed by atoms with E-state index in [1.54, 1.807) is 31.2 Å². The summed E-state index contributed by atoms with van der Waals surface area (Å²) in [5.41, 5.74) is 1.17. The first-order chi connectivity index (χ1) is 11.5. The molecule has 5 nitrogen and oxygen atoms in total. The van der Waals surface area contributed by atoms with E-state index in [-0.39, 0.29) is 23.4 Å². The minimum Gasteiger partial charge on any atom is -0.459 e. The molecule has 2 amide bonds. The molecule has 0 bridgehead atoms. The van der Waals surface area contributed by atoms with E-state index in [1.807, 2.05) is 0 Å². The van der Waals surface area contributed by atoms with Crippen LogP contribution in [-0.4, -0.2) is 11.8 Å². The van der Waals surface area contributed by atoms with Crippen molar-refractivity contribution in [2.24, 2.45) is 0 Å². The second kappa shape index (κ2) is 6.67. The molecule has 3 aromatic rings. The molecule has 0 aliphatic heterocycles. The van der Waals surface area contributed by atoms with Crippen LogP contribution in [0.2, 0.25) is 0 Å². The lowest BCUT2D eigenvalue weighted by atomic mass is 10.2. The average molecular weight is 344 g/mol. The van der Waals surface area contributed by atoms with Gasteiger partial charge in [0.15, 0.2) is 5.76 Å². The van der Waals surface area contributed by atoms with E-state index in [4.69, 9.17) is 4.42 Å². The summed E-state index contributed by atoms with van der Waals surface area (Å²) in [6.07, 6.45) is 1.41. The van der Waals surface area contributed by atoms with Crippen molar-refractivity contribution in [2.45, 2.75) is 6.92 Å². The molecule has 24 heavy (non-hydrogen) atoms. The minimum atomic E-state index is -0.386. The van der Waals surface area contributed by atoms with Gasteiger partial charge < -0.3 is 15.1 Å². The van der Waals surface area contributed by atoms with E-state index >= 15 is 0 Å². The predicted octanol–water partition coefficient (Wildman–Crippen LogP) is 4.29. The second-order valence-corrected chi connectivity index (χ2v) is 6.09. The fourth-order valence-corrected chi connectivity index (χ4v) is 2.86. The normalized spacial score (nSPS) is 10.4. The zero-order valence-corrected chi connectivity index (χ0v) is 13.4. The molecule has 0 unspecified atom stereocenters. The molecule has 2 aromatic heterocycles. The number of anilines is 2. The Bertz CT molecular complexity index is 887. The van der Waals surface area contributed by atoms with Crippen molar-refractivity contribution in [1.82, 2.24) is 0 Å². The Labute approximate surface area is 141 Å². The molecule has 0 saturated heterocycles. The van der Waals surface area contributed by atoms with Gasteiger partial charge in [0.25, 0.3) is 11.8 Å². The third kappa shape index (κ3) is 3.52. The summed E-state index contributed by atoms with van der Waals surface area (Å²) in [5, 5.41) is 5.91. The molecule has 0 atom stereocenters. The van der Waals surface area contributed by atoms with Crippen LogP contribution >= 0.6 is 11.3 Å². The lowest BCUT2D eigenvalue weighted by molar-refractivity contribution is 0.0995. The summed E-state index contributed by atoms with van der Waals surface area (Å²) in [6, 6.07) is 10.6. The summed E-state index contributed by atoms with van der Waals surface area (Å²) >= 11 is 1.14. The third-order valence-electron chi connectivity index (χ3n) is 3.25. The molecule has 2 N–H and O–H groups in total. The van der Waals surface area contributed by atoms with E-state index in [2.05, 4.69) is 10.6 Å². The van der Waals surface area contributed by atoms with Crippen molar-refractivity contribution in [1.29, 1.82) is 0 Å². The van der Waals surface area contributed by atoms with E-state index < -0.39 is 0 Å². The van der Waals surface area contributed by atoms with Gasteiger partial charge in [-0.3, -0.25) is 9.59 Å². The monoisotopic (exact) mass is 344 g/mol. The molecule has 1 aromatic carbocycles.